The minimum Gasteiger partial charge on any atom is -0.479 e. The van der Waals surface area contributed by atoms with Crippen molar-refractivity contribution in [3.8, 4) is 0 Å². The molecular weight excluding hydrogens is 240 g/mol. The van der Waals surface area contributed by atoms with Crippen LogP contribution in [-0.2, 0) is 14.3 Å². The van der Waals surface area contributed by atoms with Crippen molar-refractivity contribution in [1.82, 2.24) is 5.32 Å². The Morgan fingerprint density at radius 1 is 1.35 bits per heavy atom. The maximum absolute atomic E-state index is 11.9. The van der Waals surface area contributed by atoms with Gasteiger partial charge in [-0.1, -0.05) is 0 Å². The van der Waals surface area contributed by atoms with Crippen molar-refractivity contribution in [1.29, 1.82) is 0 Å². The molecule has 0 aromatic carbocycles. The number of ether oxygens (including phenoxy) is 1. The maximum atomic E-state index is 11.9. The monoisotopic (exact) mass is 253 g/mol. The first kappa shape index (κ1) is 13.8. The van der Waals surface area contributed by atoms with Gasteiger partial charge in [-0.3, -0.25) is 4.79 Å². The lowest BCUT2D eigenvalue weighted by Crippen LogP contribution is -2.41. The molecule has 1 rings (SSSR count). The van der Waals surface area contributed by atoms with Crippen LogP contribution in [0.5, 0.6) is 0 Å². The van der Waals surface area contributed by atoms with Crippen molar-refractivity contribution >= 4 is 11.9 Å². The molecule has 0 spiro atoms. The number of rotatable bonds is 5. The molecule has 3 N–H and O–H groups in total. The zero-order valence-electron chi connectivity index (χ0n) is 8.81. The van der Waals surface area contributed by atoms with E-state index in [2.05, 4.69) is 5.32 Å². The lowest BCUT2D eigenvalue weighted by molar-refractivity contribution is -0.151. The summed E-state index contributed by atoms with van der Waals surface area (Å²) in [5.74, 6) is -1.85. The van der Waals surface area contributed by atoms with Gasteiger partial charge in [-0.05, 0) is 12.8 Å². The third kappa shape index (κ3) is 3.90. The second-order valence-electron chi connectivity index (χ2n) is 3.68. The van der Waals surface area contributed by atoms with Crippen LogP contribution in [0.1, 0.15) is 12.8 Å². The highest BCUT2D eigenvalue weighted by Crippen LogP contribution is 2.19. The number of alkyl halides is 2. The summed E-state index contributed by atoms with van der Waals surface area (Å²) in [5, 5.41) is 19.4. The number of halogens is 2. The molecule has 1 aliphatic heterocycles. The van der Waals surface area contributed by atoms with Crippen LogP contribution < -0.4 is 5.32 Å². The Morgan fingerprint density at radius 3 is 2.41 bits per heavy atom. The van der Waals surface area contributed by atoms with E-state index >= 15 is 0 Å². The summed E-state index contributed by atoms with van der Waals surface area (Å²) in [6.45, 7) is -0.589. The number of hydrogen-bond donors (Lipinski definition) is 3. The zero-order valence-corrected chi connectivity index (χ0v) is 8.81. The molecular formula is C9H13F2NO5. The number of aliphatic carboxylic acids is 1. The average molecular weight is 253 g/mol. The summed E-state index contributed by atoms with van der Waals surface area (Å²) in [4.78, 5) is 21.9. The van der Waals surface area contributed by atoms with Crippen molar-refractivity contribution in [2.24, 2.45) is 0 Å². The van der Waals surface area contributed by atoms with E-state index in [-0.39, 0.29) is 12.8 Å². The van der Waals surface area contributed by atoms with Crippen molar-refractivity contribution in [2.75, 3.05) is 6.54 Å². The number of carboxylic acid groups (broad SMARTS) is 1. The summed E-state index contributed by atoms with van der Waals surface area (Å²) in [6, 6.07) is 0. The number of carboxylic acids is 1. The molecule has 3 unspecified atom stereocenters. The van der Waals surface area contributed by atoms with Gasteiger partial charge in [0.25, 0.3) is 6.43 Å². The minimum absolute atomic E-state index is 0.199. The molecule has 1 saturated heterocycles. The van der Waals surface area contributed by atoms with Crippen LogP contribution >= 0.6 is 0 Å². The average Bonchev–Trinajstić information content (AvgIpc) is 2.74. The molecule has 3 atom stereocenters. The Bertz CT molecular complexity index is 299. The Hall–Kier alpha value is -1.28. The van der Waals surface area contributed by atoms with Crippen LogP contribution in [0.4, 0.5) is 8.78 Å². The highest BCUT2D eigenvalue weighted by molar-refractivity contribution is 5.82. The fraction of sp³-hybridized carbons (Fsp3) is 0.778. The molecule has 0 aliphatic carbocycles. The van der Waals surface area contributed by atoms with Crippen LogP contribution in [0.25, 0.3) is 0 Å². The first-order valence-corrected chi connectivity index (χ1v) is 5.04. The summed E-state index contributed by atoms with van der Waals surface area (Å²) in [6.07, 6.45) is -6.45. The van der Waals surface area contributed by atoms with Crippen LogP contribution in [0, 0.1) is 0 Å². The van der Waals surface area contributed by atoms with Gasteiger partial charge in [0.15, 0.2) is 6.10 Å². The van der Waals surface area contributed by atoms with E-state index in [9.17, 15) is 18.4 Å². The summed E-state index contributed by atoms with van der Waals surface area (Å²) >= 11 is 0. The zero-order chi connectivity index (χ0) is 13.0. The second kappa shape index (κ2) is 5.87. The third-order valence-corrected chi connectivity index (χ3v) is 2.36. The summed E-state index contributed by atoms with van der Waals surface area (Å²) < 4.78 is 28.7. The number of nitrogens with one attached hydrogen (secondary N) is 1. The molecule has 8 heteroatoms. The Labute approximate surface area is 95.6 Å². The number of hydrogen-bond acceptors (Lipinski definition) is 4. The van der Waals surface area contributed by atoms with Gasteiger partial charge in [0.1, 0.15) is 12.2 Å². The van der Waals surface area contributed by atoms with Crippen LogP contribution in [0.15, 0.2) is 0 Å². The highest BCUT2D eigenvalue weighted by atomic mass is 19.3. The fourth-order valence-electron chi connectivity index (χ4n) is 1.42. The first-order valence-electron chi connectivity index (χ1n) is 5.04. The minimum atomic E-state index is -2.94. The lowest BCUT2D eigenvalue weighted by atomic mass is 10.2. The Balaban J connectivity index is 2.32. The fourth-order valence-corrected chi connectivity index (χ4v) is 1.42. The molecule has 0 radical (unpaired) electrons. The van der Waals surface area contributed by atoms with E-state index in [1.54, 1.807) is 0 Å². The molecule has 0 saturated carbocycles. The standard InChI is InChI=1S/C9H13F2NO5/c10-7(11)4(13)3-12-8(14)5-1-2-6(17-5)9(15)16/h4-7,13H,1-3H2,(H,12,14)(H,15,16). The second-order valence-corrected chi connectivity index (χ2v) is 3.68. The number of aliphatic hydroxyl groups is 1. The van der Waals surface area contributed by atoms with Gasteiger partial charge < -0.3 is 20.3 Å². The Morgan fingerprint density at radius 2 is 1.94 bits per heavy atom. The summed E-state index contributed by atoms with van der Waals surface area (Å²) in [7, 11) is 0. The number of carbonyl (C=O) groups is 2. The Kier molecular flexibility index (Phi) is 4.76. The number of amides is 1. The van der Waals surface area contributed by atoms with Crippen molar-refractivity contribution in [2.45, 2.75) is 37.6 Å². The predicted octanol–water partition coefficient (Wildman–Crippen LogP) is -0.639. The molecule has 0 aromatic heterocycles. The summed E-state index contributed by atoms with van der Waals surface area (Å²) in [5.41, 5.74) is 0. The normalized spacial score (nSPS) is 25.9. The van der Waals surface area contributed by atoms with Gasteiger partial charge in [0.05, 0.1) is 0 Å². The lowest BCUT2D eigenvalue weighted by Gasteiger charge is -2.14. The van der Waals surface area contributed by atoms with E-state index in [0.29, 0.717) is 0 Å². The predicted molar refractivity (Wildman–Crippen MR) is 50.6 cm³/mol. The van der Waals surface area contributed by atoms with E-state index < -0.39 is 43.2 Å². The van der Waals surface area contributed by atoms with Gasteiger partial charge in [0, 0.05) is 6.54 Å². The van der Waals surface area contributed by atoms with E-state index in [1.807, 2.05) is 0 Å². The molecule has 0 aromatic rings. The van der Waals surface area contributed by atoms with Crippen molar-refractivity contribution in [3.05, 3.63) is 0 Å². The van der Waals surface area contributed by atoms with Crippen LogP contribution in [-0.4, -0.2) is 53.4 Å². The molecule has 17 heavy (non-hydrogen) atoms. The van der Waals surface area contributed by atoms with Gasteiger partial charge in [-0.15, -0.1) is 0 Å². The molecule has 1 amide bonds. The van der Waals surface area contributed by atoms with Gasteiger partial charge in [0.2, 0.25) is 5.91 Å². The van der Waals surface area contributed by atoms with Crippen molar-refractivity contribution in [3.63, 3.8) is 0 Å². The quantitative estimate of drug-likeness (QED) is 0.605. The van der Waals surface area contributed by atoms with E-state index in [0.717, 1.165) is 0 Å². The molecule has 1 aliphatic rings. The molecule has 0 bridgehead atoms. The van der Waals surface area contributed by atoms with Gasteiger partial charge in [-0.25, -0.2) is 13.6 Å². The first-order chi connectivity index (χ1) is 7.91. The molecule has 6 nitrogen and oxygen atoms in total. The van der Waals surface area contributed by atoms with Crippen LogP contribution in [0.3, 0.4) is 0 Å². The molecule has 1 fully saturated rings. The highest BCUT2D eigenvalue weighted by Gasteiger charge is 2.34. The smallest absolute Gasteiger partial charge is 0.332 e. The SMILES string of the molecule is O=C(O)C1CCC(C(=O)NCC(O)C(F)F)O1. The van der Waals surface area contributed by atoms with Gasteiger partial charge in [-0.2, -0.15) is 0 Å². The van der Waals surface area contributed by atoms with Crippen molar-refractivity contribution < 1.29 is 33.3 Å². The van der Waals surface area contributed by atoms with Crippen LogP contribution in [0.2, 0.25) is 0 Å². The molecule has 98 valence electrons. The number of aliphatic hydroxyl groups excluding tert-OH is 1. The topological polar surface area (TPSA) is 95.9 Å². The van der Waals surface area contributed by atoms with E-state index in [1.165, 1.54) is 0 Å². The van der Waals surface area contributed by atoms with E-state index in [4.69, 9.17) is 14.9 Å². The third-order valence-electron chi connectivity index (χ3n) is 2.36. The molecule has 1 heterocycles. The maximum Gasteiger partial charge on any atom is 0.332 e. The largest absolute Gasteiger partial charge is 0.479 e. The number of carbonyl (C=O) groups excluding carboxylic acids is 1. The van der Waals surface area contributed by atoms with Gasteiger partial charge >= 0.3 is 5.97 Å².